The number of fused-ring (bicyclic) bond motifs is 2. The Morgan fingerprint density at radius 3 is 2.62 bits per heavy atom. The maximum atomic E-state index is 3.95. The summed E-state index contributed by atoms with van der Waals surface area (Å²) >= 11 is 3.60. The van der Waals surface area contributed by atoms with Gasteiger partial charge in [-0.2, -0.15) is 0 Å². The van der Waals surface area contributed by atoms with Gasteiger partial charge >= 0.3 is 0 Å². The third kappa shape index (κ3) is 3.52. The fraction of sp³-hybridized carbons (Fsp3) is 0.667. The van der Waals surface area contributed by atoms with Gasteiger partial charge in [0.05, 0.1) is 0 Å². The highest BCUT2D eigenvalue weighted by molar-refractivity contribution is 9.10. The van der Waals surface area contributed by atoms with Crippen LogP contribution < -0.4 is 5.32 Å². The van der Waals surface area contributed by atoms with Crippen LogP contribution in [0.5, 0.6) is 0 Å². The van der Waals surface area contributed by atoms with E-state index in [2.05, 4.69) is 64.4 Å². The number of piperidine rings is 2. The zero-order chi connectivity index (χ0) is 14.8. The van der Waals surface area contributed by atoms with Crippen molar-refractivity contribution < 1.29 is 0 Å². The van der Waals surface area contributed by atoms with Crippen molar-refractivity contribution in [1.82, 2.24) is 10.2 Å². The molecule has 21 heavy (non-hydrogen) atoms. The van der Waals surface area contributed by atoms with E-state index in [-0.39, 0.29) is 0 Å². The molecule has 0 aromatic heterocycles. The number of halogens is 1. The summed E-state index contributed by atoms with van der Waals surface area (Å²) in [6.45, 7) is 2.29. The van der Waals surface area contributed by atoms with Crippen LogP contribution in [0.4, 0.5) is 0 Å². The topological polar surface area (TPSA) is 15.3 Å². The van der Waals surface area contributed by atoms with Crippen molar-refractivity contribution in [2.45, 2.75) is 69.6 Å². The van der Waals surface area contributed by atoms with E-state index < -0.39 is 0 Å². The van der Waals surface area contributed by atoms with E-state index in [4.69, 9.17) is 0 Å². The van der Waals surface area contributed by atoms with Gasteiger partial charge < -0.3 is 10.2 Å². The smallest absolute Gasteiger partial charge is 0.0320 e. The molecule has 0 amide bonds. The monoisotopic (exact) mass is 350 g/mol. The molecule has 0 spiro atoms. The molecule has 2 aliphatic rings. The van der Waals surface area contributed by atoms with Gasteiger partial charge in [-0.1, -0.05) is 41.4 Å². The van der Waals surface area contributed by atoms with Crippen LogP contribution in [0.3, 0.4) is 0 Å². The summed E-state index contributed by atoms with van der Waals surface area (Å²) in [6, 6.07) is 11.5. The Hall–Kier alpha value is -0.380. The fourth-order valence-electron chi connectivity index (χ4n) is 4.21. The minimum absolute atomic E-state index is 0.483. The first kappa shape index (κ1) is 15.5. The highest BCUT2D eigenvalue weighted by atomic mass is 79.9. The predicted molar refractivity (Wildman–Crippen MR) is 92.5 cm³/mol. The first-order valence-corrected chi connectivity index (χ1v) is 9.20. The average Bonchev–Trinajstić information content (AvgIpc) is 2.45. The van der Waals surface area contributed by atoms with Gasteiger partial charge in [-0.25, -0.2) is 0 Å². The number of rotatable bonds is 4. The van der Waals surface area contributed by atoms with E-state index in [1.165, 1.54) is 42.1 Å². The molecule has 1 N–H and O–H groups in total. The van der Waals surface area contributed by atoms with Crippen molar-refractivity contribution in [2.75, 3.05) is 7.05 Å². The van der Waals surface area contributed by atoms with Gasteiger partial charge in [-0.3, -0.25) is 0 Å². The highest BCUT2D eigenvalue weighted by Crippen LogP contribution is 2.34. The second-order valence-corrected chi connectivity index (χ2v) is 7.67. The molecule has 0 radical (unpaired) electrons. The zero-order valence-corrected chi connectivity index (χ0v) is 14.8. The minimum atomic E-state index is 0.483. The lowest BCUT2D eigenvalue weighted by molar-refractivity contribution is 0.0456. The van der Waals surface area contributed by atoms with E-state index in [1.807, 2.05) is 0 Å². The van der Waals surface area contributed by atoms with E-state index in [9.17, 15) is 0 Å². The largest absolute Gasteiger partial charge is 0.307 e. The molecule has 3 atom stereocenters. The van der Waals surface area contributed by atoms with Crippen molar-refractivity contribution in [3.8, 4) is 0 Å². The minimum Gasteiger partial charge on any atom is -0.307 e. The normalized spacial score (nSPS) is 31.1. The predicted octanol–water partition coefficient (Wildman–Crippen LogP) is 4.51. The Balaban J connectivity index is 1.67. The van der Waals surface area contributed by atoms with Gasteiger partial charge in [0.25, 0.3) is 0 Å². The maximum absolute atomic E-state index is 3.95. The summed E-state index contributed by atoms with van der Waals surface area (Å²) in [4.78, 5) is 2.64. The molecule has 3 rings (SSSR count). The quantitative estimate of drug-likeness (QED) is 0.859. The Bertz CT molecular complexity index is 462. The van der Waals surface area contributed by atoms with Crippen molar-refractivity contribution >= 4 is 15.9 Å². The molecule has 0 aliphatic carbocycles. The lowest BCUT2D eigenvalue weighted by atomic mass is 9.82. The van der Waals surface area contributed by atoms with Gasteiger partial charge in [-0.05, 0) is 56.8 Å². The molecule has 3 unspecified atom stereocenters. The van der Waals surface area contributed by atoms with Crippen LogP contribution in [-0.2, 0) is 0 Å². The summed E-state index contributed by atoms with van der Waals surface area (Å²) < 4.78 is 1.18. The van der Waals surface area contributed by atoms with E-state index in [0.717, 1.165) is 18.5 Å². The zero-order valence-electron chi connectivity index (χ0n) is 13.2. The van der Waals surface area contributed by atoms with Crippen LogP contribution in [0.25, 0.3) is 0 Å². The molecule has 0 saturated carbocycles. The second-order valence-electron chi connectivity index (χ2n) is 6.75. The summed E-state index contributed by atoms with van der Waals surface area (Å²) in [6.07, 6.45) is 7.99. The molecule has 3 heteroatoms. The number of nitrogens with one attached hydrogen (secondary N) is 1. The van der Waals surface area contributed by atoms with Crippen molar-refractivity contribution in [1.29, 1.82) is 0 Å². The Morgan fingerprint density at radius 2 is 2.00 bits per heavy atom. The molecular weight excluding hydrogens is 324 g/mol. The van der Waals surface area contributed by atoms with Gasteiger partial charge in [0.1, 0.15) is 0 Å². The molecule has 116 valence electrons. The Labute approximate surface area is 137 Å². The maximum Gasteiger partial charge on any atom is 0.0320 e. The fourth-order valence-corrected chi connectivity index (χ4v) is 4.63. The van der Waals surface area contributed by atoms with Crippen LogP contribution in [0, 0.1) is 0 Å². The molecule has 2 heterocycles. The molecule has 2 bridgehead atoms. The molecule has 1 aromatic carbocycles. The van der Waals surface area contributed by atoms with Gasteiger partial charge in [-0.15, -0.1) is 0 Å². The first-order valence-electron chi connectivity index (χ1n) is 8.40. The highest BCUT2D eigenvalue weighted by Gasteiger charge is 2.36. The second kappa shape index (κ2) is 6.80. The molecule has 2 saturated heterocycles. The third-order valence-corrected chi connectivity index (χ3v) is 5.93. The Kier molecular flexibility index (Phi) is 5.03. The summed E-state index contributed by atoms with van der Waals surface area (Å²) in [5, 5.41) is 3.95. The van der Waals surface area contributed by atoms with Crippen LogP contribution >= 0.6 is 15.9 Å². The lowest BCUT2D eigenvalue weighted by Gasteiger charge is -2.48. The summed E-state index contributed by atoms with van der Waals surface area (Å²) in [5.41, 5.74) is 1.41. The van der Waals surface area contributed by atoms with Crippen molar-refractivity contribution in [2.24, 2.45) is 0 Å². The van der Waals surface area contributed by atoms with Crippen LogP contribution in [-0.4, -0.2) is 30.1 Å². The summed E-state index contributed by atoms with van der Waals surface area (Å²) in [7, 11) is 2.33. The van der Waals surface area contributed by atoms with Gasteiger partial charge in [0, 0.05) is 28.6 Å². The number of nitrogens with zero attached hydrogens (tertiary/aromatic N) is 1. The van der Waals surface area contributed by atoms with Crippen molar-refractivity contribution in [3.63, 3.8) is 0 Å². The van der Waals surface area contributed by atoms with E-state index in [0.29, 0.717) is 12.1 Å². The SMILES string of the molecule is CCC(NC1CC2CCCC(C1)N2C)c1cccc(Br)c1. The molecule has 2 fully saturated rings. The first-order chi connectivity index (χ1) is 10.2. The van der Waals surface area contributed by atoms with Crippen LogP contribution in [0.15, 0.2) is 28.7 Å². The molecular formula is C18H27BrN2. The van der Waals surface area contributed by atoms with Crippen molar-refractivity contribution in [3.05, 3.63) is 34.3 Å². The van der Waals surface area contributed by atoms with Gasteiger partial charge in [0.15, 0.2) is 0 Å². The molecule has 1 aromatic rings. The van der Waals surface area contributed by atoms with Crippen LogP contribution in [0.1, 0.15) is 57.1 Å². The summed E-state index contributed by atoms with van der Waals surface area (Å²) in [5.74, 6) is 0. The molecule has 2 nitrogen and oxygen atoms in total. The third-order valence-electron chi connectivity index (χ3n) is 5.44. The standard InChI is InChI=1S/C18H27BrN2/c1-3-18(13-6-4-7-14(19)10-13)20-15-11-16-8-5-9-17(12-15)21(16)2/h4,6-7,10,15-18,20H,3,5,8-9,11-12H2,1-2H3. The lowest BCUT2D eigenvalue weighted by Crippen LogP contribution is -2.54. The Morgan fingerprint density at radius 1 is 1.29 bits per heavy atom. The average molecular weight is 351 g/mol. The van der Waals surface area contributed by atoms with Crippen LogP contribution in [0.2, 0.25) is 0 Å². The number of hydrogen-bond donors (Lipinski definition) is 1. The van der Waals surface area contributed by atoms with Gasteiger partial charge in [0.2, 0.25) is 0 Å². The number of hydrogen-bond acceptors (Lipinski definition) is 2. The number of benzene rings is 1. The van der Waals surface area contributed by atoms with E-state index in [1.54, 1.807) is 0 Å². The van der Waals surface area contributed by atoms with E-state index >= 15 is 0 Å². The molecule has 2 aliphatic heterocycles.